The molecule has 4 amide bonds. The monoisotopic (exact) mass is 552 g/mol. The van der Waals surface area contributed by atoms with E-state index in [9.17, 15) is 34.6 Å². The Bertz CT molecular complexity index is 1550. The number of carbonyl (C=O) groups excluding carboxylic acids is 3. The van der Waals surface area contributed by atoms with Gasteiger partial charge in [-0.15, -0.1) is 0 Å². The summed E-state index contributed by atoms with van der Waals surface area (Å²) in [6, 6.07) is 12.2. The average Bonchev–Trinajstić information content (AvgIpc) is 2.89. The van der Waals surface area contributed by atoms with E-state index in [1.807, 2.05) is 6.92 Å². The molecule has 4 rings (SSSR count). The third-order valence-electron chi connectivity index (χ3n) is 5.34. The minimum absolute atomic E-state index is 0.0265. The summed E-state index contributed by atoms with van der Waals surface area (Å²) in [7, 11) is 0. The zero-order valence-electron chi connectivity index (χ0n) is 20.0. The van der Waals surface area contributed by atoms with Gasteiger partial charge in [-0.1, -0.05) is 17.7 Å². The topological polar surface area (TPSA) is 171 Å². The summed E-state index contributed by atoms with van der Waals surface area (Å²) in [6.07, 6.45) is 1.22. The molecular weight excluding hydrogens is 536 g/mol. The van der Waals surface area contributed by atoms with Crippen LogP contribution in [0.5, 0.6) is 17.2 Å². The van der Waals surface area contributed by atoms with Crippen molar-refractivity contribution in [1.82, 2.24) is 5.32 Å². The number of nitro benzene ring substituents is 2. The lowest BCUT2D eigenvalue weighted by Crippen LogP contribution is -2.54. The van der Waals surface area contributed by atoms with E-state index in [-0.39, 0.29) is 33.3 Å². The molecule has 0 aliphatic carbocycles. The molecule has 0 bridgehead atoms. The van der Waals surface area contributed by atoms with Gasteiger partial charge in [0.05, 0.1) is 33.2 Å². The Kier molecular flexibility index (Phi) is 7.53. The van der Waals surface area contributed by atoms with E-state index in [0.717, 1.165) is 23.1 Å². The van der Waals surface area contributed by atoms with Crippen LogP contribution in [0.3, 0.4) is 0 Å². The van der Waals surface area contributed by atoms with Crippen LogP contribution in [0.1, 0.15) is 12.5 Å². The molecule has 0 unspecified atom stereocenters. The van der Waals surface area contributed by atoms with Gasteiger partial charge in [-0.05, 0) is 61.0 Å². The predicted molar refractivity (Wildman–Crippen MR) is 138 cm³/mol. The van der Waals surface area contributed by atoms with E-state index in [1.54, 1.807) is 12.1 Å². The van der Waals surface area contributed by atoms with E-state index < -0.39 is 39.1 Å². The number of barbiturate groups is 1. The van der Waals surface area contributed by atoms with Gasteiger partial charge in [0.2, 0.25) is 5.75 Å². The number of anilines is 1. The highest BCUT2D eigenvalue weighted by molar-refractivity contribution is 6.39. The highest BCUT2D eigenvalue weighted by atomic mass is 35.5. The number of imide groups is 2. The first-order valence-corrected chi connectivity index (χ1v) is 11.5. The maximum absolute atomic E-state index is 13.1. The smallest absolute Gasteiger partial charge is 0.335 e. The Labute approximate surface area is 224 Å². The molecule has 0 radical (unpaired) electrons. The summed E-state index contributed by atoms with van der Waals surface area (Å²) in [5.41, 5.74) is -0.986. The number of ether oxygens (including phenoxy) is 2. The molecule has 39 heavy (non-hydrogen) atoms. The lowest BCUT2D eigenvalue weighted by Gasteiger charge is -2.26. The number of hydrogen-bond acceptors (Lipinski definition) is 9. The lowest BCUT2D eigenvalue weighted by atomic mass is 10.1. The van der Waals surface area contributed by atoms with Gasteiger partial charge in [-0.3, -0.25) is 35.1 Å². The second kappa shape index (κ2) is 11.0. The summed E-state index contributed by atoms with van der Waals surface area (Å²) in [6.45, 7) is 2.24. The van der Waals surface area contributed by atoms with Gasteiger partial charge in [0, 0.05) is 6.07 Å². The maximum atomic E-state index is 13.1. The van der Waals surface area contributed by atoms with E-state index in [2.05, 4.69) is 5.32 Å². The van der Waals surface area contributed by atoms with Gasteiger partial charge in [0.15, 0.2) is 0 Å². The molecule has 0 saturated carbocycles. The summed E-state index contributed by atoms with van der Waals surface area (Å²) in [4.78, 5) is 59.5. The molecule has 0 aromatic heterocycles. The normalized spacial score (nSPS) is 14.3. The number of nitro groups is 2. The van der Waals surface area contributed by atoms with Crippen molar-refractivity contribution in [3.63, 3.8) is 0 Å². The van der Waals surface area contributed by atoms with Gasteiger partial charge in [-0.25, -0.2) is 9.69 Å². The van der Waals surface area contributed by atoms with Crippen LogP contribution in [-0.2, 0) is 9.59 Å². The van der Waals surface area contributed by atoms with E-state index >= 15 is 0 Å². The molecule has 1 heterocycles. The molecule has 0 spiro atoms. The van der Waals surface area contributed by atoms with Crippen LogP contribution in [0.15, 0.2) is 66.2 Å². The molecule has 1 N–H and O–H groups in total. The third-order valence-corrected chi connectivity index (χ3v) is 5.64. The van der Waals surface area contributed by atoms with Crippen LogP contribution < -0.4 is 19.7 Å². The average molecular weight is 553 g/mol. The molecule has 1 aliphatic heterocycles. The second-order valence-corrected chi connectivity index (χ2v) is 8.25. The first-order valence-electron chi connectivity index (χ1n) is 11.1. The van der Waals surface area contributed by atoms with E-state index in [4.69, 9.17) is 21.1 Å². The number of urea groups is 1. The first kappa shape index (κ1) is 26.8. The van der Waals surface area contributed by atoms with Crippen molar-refractivity contribution in [3.8, 4) is 17.2 Å². The van der Waals surface area contributed by atoms with Gasteiger partial charge in [0.25, 0.3) is 17.5 Å². The highest BCUT2D eigenvalue weighted by Gasteiger charge is 2.36. The fraction of sp³-hybridized carbons (Fsp3) is 0.0800. The van der Waals surface area contributed by atoms with Crippen LogP contribution in [0.2, 0.25) is 5.02 Å². The number of benzene rings is 3. The number of carbonyl (C=O) groups is 3. The molecule has 198 valence electrons. The lowest BCUT2D eigenvalue weighted by molar-refractivity contribution is -0.394. The Balaban J connectivity index is 1.61. The van der Waals surface area contributed by atoms with Crippen molar-refractivity contribution in [1.29, 1.82) is 0 Å². The second-order valence-electron chi connectivity index (χ2n) is 7.84. The zero-order valence-corrected chi connectivity index (χ0v) is 20.7. The fourth-order valence-corrected chi connectivity index (χ4v) is 3.80. The molecule has 1 saturated heterocycles. The molecule has 1 aliphatic rings. The molecule has 3 aromatic rings. The summed E-state index contributed by atoms with van der Waals surface area (Å²) >= 11 is 6.28. The Morgan fingerprint density at radius 2 is 1.64 bits per heavy atom. The Morgan fingerprint density at radius 3 is 2.26 bits per heavy atom. The number of hydrogen-bond donors (Lipinski definition) is 1. The highest BCUT2D eigenvalue weighted by Crippen LogP contribution is 2.37. The number of nitrogens with one attached hydrogen (secondary N) is 1. The molecule has 1 fully saturated rings. The fourth-order valence-electron chi connectivity index (χ4n) is 3.57. The molecule has 3 aromatic carbocycles. The molecule has 13 nitrogen and oxygen atoms in total. The van der Waals surface area contributed by atoms with Crippen LogP contribution in [0, 0.1) is 20.2 Å². The number of halogens is 1. The summed E-state index contributed by atoms with van der Waals surface area (Å²) in [5, 5.41) is 24.4. The number of non-ortho nitro benzene ring substituents is 1. The van der Waals surface area contributed by atoms with Crippen molar-refractivity contribution in [3.05, 3.63) is 97.1 Å². The quantitative estimate of drug-likeness (QED) is 0.174. The van der Waals surface area contributed by atoms with Gasteiger partial charge < -0.3 is 9.47 Å². The van der Waals surface area contributed by atoms with Crippen LogP contribution in [0.4, 0.5) is 21.9 Å². The molecule has 0 atom stereocenters. The van der Waals surface area contributed by atoms with Crippen molar-refractivity contribution in [2.75, 3.05) is 11.5 Å². The molecular formula is C25H17ClN4O9. The zero-order chi connectivity index (χ0) is 28.3. The van der Waals surface area contributed by atoms with Crippen LogP contribution >= 0.6 is 11.6 Å². The predicted octanol–water partition coefficient (Wildman–Crippen LogP) is 5.01. The van der Waals surface area contributed by atoms with Crippen LogP contribution in [-0.4, -0.2) is 34.3 Å². The minimum atomic E-state index is -0.919. The van der Waals surface area contributed by atoms with Gasteiger partial charge >= 0.3 is 11.7 Å². The minimum Gasteiger partial charge on any atom is -0.494 e. The molecule has 14 heteroatoms. The standard InChI is InChI=1S/C25H17ClN4O9/c1-2-38-17-7-4-15(5-8-17)28-24(32)18(23(31)27-25(28)33)11-14-3-9-21(19(26)12-14)39-22-10-6-16(29(34)35)13-20(22)30(36)37/h3-13H,2H2,1H3,(H,27,31,33)/b18-11+. The van der Waals surface area contributed by atoms with Crippen molar-refractivity contribution in [2.45, 2.75) is 6.92 Å². The largest absolute Gasteiger partial charge is 0.494 e. The van der Waals surface area contributed by atoms with Crippen molar-refractivity contribution in [2.24, 2.45) is 0 Å². The number of rotatable bonds is 8. The van der Waals surface area contributed by atoms with Gasteiger partial charge in [-0.2, -0.15) is 0 Å². The van der Waals surface area contributed by atoms with E-state index in [0.29, 0.717) is 12.4 Å². The first-order chi connectivity index (χ1) is 18.6. The summed E-state index contributed by atoms with van der Waals surface area (Å²) < 4.78 is 10.9. The SMILES string of the molecule is CCOc1ccc(N2C(=O)NC(=O)/C(=C\c3ccc(Oc4ccc([N+](=O)[O-])cc4[N+](=O)[O-])c(Cl)c3)C2=O)cc1. The Morgan fingerprint density at radius 1 is 0.949 bits per heavy atom. The Hall–Kier alpha value is -5.30. The van der Waals surface area contributed by atoms with Crippen LogP contribution in [0.25, 0.3) is 6.08 Å². The van der Waals surface area contributed by atoms with Gasteiger partial charge in [0.1, 0.15) is 17.1 Å². The van der Waals surface area contributed by atoms with Crippen molar-refractivity contribution >= 4 is 52.6 Å². The van der Waals surface area contributed by atoms with E-state index in [1.165, 1.54) is 36.4 Å². The number of amides is 4. The maximum Gasteiger partial charge on any atom is 0.335 e. The number of nitrogens with zero attached hydrogens (tertiary/aromatic N) is 3. The third kappa shape index (κ3) is 5.67. The summed E-state index contributed by atoms with van der Waals surface area (Å²) in [5.74, 6) is -1.56. The van der Waals surface area contributed by atoms with Crippen molar-refractivity contribution < 1.29 is 33.7 Å².